The number of aromatic nitrogens is 1. The Morgan fingerprint density at radius 2 is 1.90 bits per heavy atom. The molecule has 0 radical (unpaired) electrons. The Hall–Kier alpha value is -2.30. The van der Waals surface area contributed by atoms with Crippen LogP contribution in [0.3, 0.4) is 0 Å². The van der Waals surface area contributed by atoms with Gasteiger partial charge in [-0.3, -0.25) is 9.78 Å². The Morgan fingerprint density at radius 1 is 1.15 bits per heavy atom. The van der Waals surface area contributed by atoms with E-state index in [0.717, 1.165) is 18.1 Å². The standard InChI is InChI=1S/C15H14F2N2O/c16-13-5-1-4-12(14(13)17)15(20)19-8-2-3-11-6-9-18-10-7-11/h1,4-7,9-10H,2-3,8H2,(H,19,20). The van der Waals surface area contributed by atoms with Crippen molar-refractivity contribution in [1.29, 1.82) is 0 Å². The minimum Gasteiger partial charge on any atom is -0.352 e. The molecule has 3 nitrogen and oxygen atoms in total. The molecule has 0 saturated heterocycles. The van der Waals surface area contributed by atoms with Gasteiger partial charge in [0.05, 0.1) is 5.56 Å². The van der Waals surface area contributed by atoms with Crippen LogP contribution in [0.15, 0.2) is 42.7 Å². The van der Waals surface area contributed by atoms with E-state index in [2.05, 4.69) is 10.3 Å². The smallest absolute Gasteiger partial charge is 0.254 e. The van der Waals surface area contributed by atoms with Crippen LogP contribution in [0.1, 0.15) is 22.3 Å². The molecule has 0 aliphatic carbocycles. The van der Waals surface area contributed by atoms with E-state index in [9.17, 15) is 13.6 Å². The molecular weight excluding hydrogens is 262 g/mol. The van der Waals surface area contributed by atoms with E-state index in [-0.39, 0.29) is 5.56 Å². The van der Waals surface area contributed by atoms with Gasteiger partial charge in [-0.05, 0) is 42.7 Å². The third kappa shape index (κ3) is 3.60. The summed E-state index contributed by atoms with van der Waals surface area (Å²) in [6, 6.07) is 7.35. The van der Waals surface area contributed by atoms with E-state index < -0.39 is 17.5 Å². The number of benzene rings is 1. The second-order valence-corrected chi connectivity index (χ2v) is 4.32. The summed E-state index contributed by atoms with van der Waals surface area (Å²) >= 11 is 0. The minimum absolute atomic E-state index is 0.270. The molecule has 5 heteroatoms. The van der Waals surface area contributed by atoms with Gasteiger partial charge in [-0.15, -0.1) is 0 Å². The third-order valence-electron chi connectivity index (χ3n) is 2.87. The first-order chi connectivity index (χ1) is 9.68. The molecular formula is C15H14F2N2O. The van der Waals surface area contributed by atoms with Crippen LogP contribution in [0.4, 0.5) is 8.78 Å². The Kier molecular flexibility index (Phi) is 4.76. The Balaban J connectivity index is 1.82. The van der Waals surface area contributed by atoms with Crippen LogP contribution in [0.5, 0.6) is 0 Å². The molecule has 0 saturated carbocycles. The number of hydrogen-bond donors (Lipinski definition) is 1. The lowest BCUT2D eigenvalue weighted by atomic mass is 10.1. The monoisotopic (exact) mass is 276 g/mol. The van der Waals surface area contributed by atoms with E-state index in [4.69, 9.17) is 0 Å². The van der Waals surface area contributed by atoms with Gasteiger partial charge in [0, 0.05) is 18.9 Å². The van der Waals surface area contributed by atoms with Gasteiger partial charge in [0.25, 0.3) is 5.91 Å². The van der Waals surface area contributed by atoms with E-state index in [1.165, 1.54) is 12.1 Å². The maximum Gasteiger partial charge on any atom is 0.254 e. The first-order valence-electron chi connectivity index (χ1n) is 6.29. The van der Waals surface area contributed by atoms with Gasteiger partial charge in [0.2, 0.25) is 0 Å². The first kappa shape index (κ1) is 14.1. The van der Waals surface area contributed by atoms with Crippen LogP contribution in [0.25, 0.3) is 0 Å². The topological polar surface area (TPSA) is 42.0 Å². The predicted molar refractivity (Wildman–Crippen MR) is 71.2 cm³/mol. The van der Waals surface area contributed by atoms with Gasteiger partial charge in [0.15, 0.2) is 11.6 Å². The predicted octanol–water partition coefficient (Wildman–Crippen LogP) is 2.72. The zero-order valence-electron chi connectivity index (χ0n) is 10.8. The van der Waals surface area contributed by atoms with Crippen LogP contribution in [-0.4, -0.2) is 17.4 Å². The molecule has 0 aliphatic rings. The van der Waals surface area contributed by atoms with Gasteiger partial charge >= 0.3 is 0 Å². The second-order valence-electron chi connectivity index (χ2n) is 4.32. The molecule has 2 aromatic rings. The van der Waals surface area contributed by atoms with Crippen molar-refractivity contribution < 1.29 is 13.6 Å². The molecule has 1 amide bonds. The largest absolute Gasteiger partial charge is 0.352 e. The maximum absolute atomic E-state index is 13.4. The van der Waals surface area contributed by atoms with Gasteiger partial charge in [0.1, 0.15) is 0 Å². The Labute approximate surface area is 115 Å². The highest BCUT2D eigenvalue weighted by atomic mass is 19.2. The highest BCUT2D eigenvalue weighted by molar-refractivity contribution is 5.94. The fourth-order valence-electron chi connectivity index (χ4n) is 1.82. The van der Waals surface area contributed by atoms with Crippen LogP contribution in [0.2, 0.25) is 0 Å². The third-order valence-corrected chi connectivity index (χ3v) is 2.87. The van der Waals surface area contributed by atoms with Gasteiger partial charge < -0.3 is 5.32 Å². The summed E-state index contributed by atoms with van der Waals surface area (Å²) in [5.74, 6) is -2.73. The number of nitrogens with zero attached hydrogens (tertiary/aromatic N) is 1. The zero-order chi connectivity index (χ0) is 14.4. The van der Waals surface area contributed by atoms with Crippen molar-refractivity contribution in [2.24, 2.45) is 0 Å². The summed E-state index contributed by atoms with van der Waals surface area (Å²) in [4.78, 5) is 15.6. The van der Waals surface area contributed by atoms with Crippen molar-refractivity contribution in [2.45, 2.75) is 12.8 Å². The van der Waals surface area contributed by atoms with Crippen LogP contribution in [0, 0.1) is 11.6 Å². The average Bonchev–Trinajstić information content (AvgIpc) is 2.47. The van der Waals surface area contributed by atoms with Gasteiger partial charge in [-0.1, -0.05) is 6.07 Å². The summed E-state index contributed by atoms with van der Waals surface area (Å²) < 4.78 is 26.4. The van der Waals surface area contributed by atoms with Crippen LogP contribution < -0.4 is 5.32 Å². The highest BCUT2D eigenvalue weighted by Crippen LogP contribution is 2.11. The van der Waals surface area contributed by atoms with Gasteiger partial charge in [-0.2, -0.15) is 0 Å². The summed E-state index contributed by atoms with van der Waals surface area (Å²) in [7, 11) is 0. The first-order valence-corrected chi connectivity index (χ1v) is 6.29. The molecule has 0 aliphatic heterocycles. The minimum atomic E-state index is -1.11. The molecule has 1 N–H and O–H groups in total. The molecule has 0 unspecified atom stereocenters. The van der Waals surface area contributed by atoms with Crippen molar-refractivity contribution in [2.75, 3.05) is 6.54 Å². The molecule has 0 fully saturated rings. The normalized spacial score (nSPS) is 10.3. The molecule has 20 heavy (non-hydrogen) atoms. The Morgan fingerprint density at radius 3 is 2.65 bits per heavy atom. The van der Waals surface area contributed by atoms with E-state index in [0.29, 0.717) is 13.0 Å². The van der Waals surface area contributed by atoms with Crippen LogP contribution in [-0.2, 0) is 6.42 Å². The average molecular weight is 276 g/mol. The molecule has 1 aromatic heterocycles. The van der Waals surface area contributed by atoms with Crippen molar-refractivity contribution in [3.8, 4) is 0 Å². The second kappa shape index (κ2) is 6.75. The van der Waals surface area contributed by atoms with Crippen LogP contribution >= 0.6 is 0 Å². The zero-order valence-corrected chi connectivity index (χ0v) is 10.8. The number of amides is 1. The van der Waals surface area contributed by atoms with E-state index in [1.54, 1.807) is 12.4 Å². The fourth-order valence-corrected chi connectivity index (χ4v) is 1.82. The van der Waals surface area contributed by atoms with Crippen molar-refractivity contribution in [3.63, 3.8) is 0 Å². The summed E-state index contributed by atoms with van der Waals surface area (Å²) in [6.07, 6.45) is 4.91. The molecule has 104 valence electrons. The van der Waals surface area contributed by atoms with Crippen molar-refractivity contribution >= 4 is 5.91 Å². The number of nitrogens with one attached hydrogen (secondary N) is 1. The lowest BCUT2D eigenvalue weighted by molar-refractivity contribution is 0.0948. The molecule has 1 heterocycles. The number of pyridine rings is 1. The summed E-state index contributed by atoms with van der Waals surface area (Å²) in [5.41, 5.74) is 0.847. The molecule has 2 rings (SSSR count). The van der Waals surface area contributed by atoms with Gasteiger partial charge in [-0.25, -0.2) is 8.78 Å². The maximum atomic E-state index is 13.4. The Bertz CT molecular complexity index is 588. The molecule has 0 atom stereocenters. The molecule has 0 bridgehead atoms. The van der Waals surface area contributed by atoms with E-state index in [1.807, 2.05) is 12.1 Å². The lowest BCUT2D eigenvalue weighted by Gasteiger charge is -2.06. The molecule has 0 spiro atoms. The van der Waals surface area contributed by atoms with E-state index >= 15 is 0 Å². The number of aryl methyl sites for hydroxylation is 1. The number of halogens is 2. The number of hydrogen-bond acceptors (Lipinski definition) is 2. The molecule has 1 aromatic carbocycles. The SMILES string of the molecule is O=C(NCCCc1ccncc1)c1cccc(F)c1F. The summed E-state index contributed by atoms with van der Waals surface area (Å²) in [6.45, 7) is 0.400. The van der Waals surface area contributed by atoms with Crippen molar-refractivity contribution in [1.82, 2.24) is 10.3 Å². The summed E-state index contributed by atoms with van der Waals surface area (Å²) in [5, 5.41) is 2.58. The van der Waals surface area contributed by atoms with Crippen molar-refractivity contribution in [3.05, 3.63) is 65.5 Å². The number of carbonyl (C=O) groups excluding carboxylic acids is 1. The number of carbonyl (C=O) groups is 1. The fraction of sp³-hybridized carbons (Fsp3) is 0.200. The number of rotatable bonds is 5. The highest BCUT2D eigenvalue weighted by Gasteiger charge is 2.14. The quantitative estimate of drug-likeness (QED) is 0.853. The lowest BCUT2D eigenvalue weighted by Crippen LogP contribution is -2.26.